The van der Waals surface area contributed by atoms with Crippen LogP contribution in [-0.4, -0.2) is 9.55 Å². The van der Waals surface area contributed by atoms with E-state index in [0.29, 0.717) is 4.77 Å². The summed E-state index contributed by atoms with van der Waals surface area (Å²) in [7, 11) is 0. The van der Waals surface area contributed by atoms with Crippen LogP contribution in [0.5, 0.6) is 0 Å². The van der Waals surface area contributed by atoms with Gasteiger partial charge in [-0.15, -0.1) is 0 Å². The molecule has 0 aliphatic rings. The summed E-state index contributed by atoms with van der Waals surface area (Å²) in [5.74, 6) is -0.249. The third-order valence-corrected chi connectivity index (χ3v) is 3.30. The molecule has 1 aromatic heterocycles. The number of para-hydroxylation sites is 1. The summed E-state index contributed by atoms with van der Waals surface area (Å²) in [6, 6.07) is 12.3. The Hall–Kier alpha value is -1.94. The van der Waals surface area contributed by atoms with Crippen LogP contribution in [0.4, 0.5) is 4.39 Å². The molecule has 1 N–H and O–H groups in total. The van der Waals surface area contributed by atoms with E-state index in [1.807, 2.05) is 29.7 Å². The number of rotatable bonds is 1. The van der Waals surface area contributed by atoms with E-state index in [9.17, 15) is 4.39 Å². The molecule has 0 unspecified atom stereocenters. The lowest BCUT2D eigenvalue weighted by Crippen LogP contribution is -1.93. The van der Waals surface area contributed by atoms with Crippen LogP contribution in [0.15, 0.2) is 42.5 Å². The molecule has 0 radical (unpaired) electrons. The number of nitrogens with one attached hydrogen (secondary N) is 1. The maximum Gasteiger partial charge on any atom is 0.182 e. The first kappa shape index (κ1) is 11.2. The number of hydrogen-bond donors (Lipinski definition) is 1. The van der Waals surface area contributed by atoms with Crippen molar-refractivity contribution >= 4 is 23.3 Å². The highest BCUT2D eigenvalue weighted by molar-refractivity contribution is 7.71. The Morgan fingerprint density at radius 2 is 1.83 bits per heavy atom. The van der Waals surface area contributed by atoms with E-state index in [1.54, 1.807) is 12.1 Å². The molecule has 0 bridgehead atoms. The zero-order valence-corrected chi connectivity index (χ0v) is 10.6. The number of benzene rings is 2. The van der Waals surface area contributed by atoms with Gasteiger partial charge < -0.3 is 4.98 Å². The summed E-state index contributed by atoms with van der Waals surface area (Å²) in [6.07, 6.45) is 0. The van der Waals surface area contributed by atoms with Crippen LogP contribution in [0.25, 0.3) is 16.7 Å². The van der Waals surface area contributed by atoms with Crippen molar-refractivity contribution in [2.24, 2.45) is 0 Å². The molecule has 0 atom stereocenters. The second kappa shape index (κ2) is 4.07. The fourth-order valence-corrected chi connectivity index (χ4v) is 2.43. The summed E-state index contributed by atoms with van der Waals surface area (Å²) in [5.41, 5.74) is 4.02. The van der Waals surface area contributed by atoms with Crippen molar-refractivity contribution < 1.29 is 4.39 Å². The maximum absolute atomic E-state index is 13.0. The first-order chi connectivity index (χ1) is 8.66. The van der Waals surface area contributed by atoms with E-state index >= 15 is 0 Å². The summed E-state index contributed by atoms with van der Waals surface area (Å²) in [5, 5.41) is 0. The molecule has 0 spiro atoms. The van der Waals surface area contributed by atoms with E-state index in [4.69, 9.17) is 12.2 Å². The first-order valence-corrected chi connectivity index (χ1v) is 6.04. The van der Waals surface area contributed by atoms with Crippen LogP contribution in [0.3, 0.4) is 0 Å². The highest BCUT2D eigenvalue weighted by atomic mass is 32.1. The van der Waals surface area contributed by atoms with Gasteiger partial charge in [0, 0.05) is 5.69 Å². The quantitative estimate of drug-likeness (QED) is 0.651. The zero-order chi connectivity index (χ0) is 12.7. The molecule has 90 valence electrons. The number of nitrogens with zero attached hydrogens (tertiary/aromatic N) is 1. The van der Waals surface area contributed by atoms with Crippen molar-refractivity contribution in [3.05, 3.63) is 58.6 Å². The van der Waals surface area contributed by atoms with Crippen LogP contribution in [0, 0.1) is 17.5 Å². The largest absolute Gasteiger partial charge is 0.330 e. The fraction of sp³-hybridized carbons (Fsp3) is 0.0714. The average Bonchev–Trinajstić information content (AvgIpc) is 2.69. The molecule has 0 saturated heterocycles. The van der Waals surface area contributed by atoms with Crippen molar-refractivity contribution in [2.75, 3.05) is 0 Å². The van der Waals surface area contributed by atoms with Gasteiger partial charge in [0.2, 0.25) is 0 Å². The predicted octanol–water partition coefficient (Wildman–Crippen LogP) is 4.14. The van der Waals surface area contributed by atoms with Crippen molar-refractivity contribution in [3.8, 4) is 5.69 Å². The van der Waals surface area contributed by atoms with Gasteiger partial charge in [0.15, 0.2) is 4.77 Å². The number of H-pyrrole nitrogens is 1. The van der Waals surface area contributed by atoms with E-state index in [1.165, 1.54) is 12.1 Å². The molecule has 4 heteroatoms. The lowest BCUT2D eigenvalue weighted by molar-refractivity contribution is 0.627. The number of halogens is 1. The molecule has 3 aromatic rings. The van der Waals surface area contributed by atoms with Gasteiger partial charge in [-0.1, -0.05) is 12.1 Å². The van der Waals surface area contributed by atoms with Gasteiger partial charge in [-0.05, 0) is 55.0 Å². The Bertz CT molecular complexity index is 769. The lowest BCUT2D eigenvalue weighted by Gasteiger charge is -2.04. The molecular formula is C14H11FN2S. The smallest absolute Gasteiger partial charge is 0.182 e. The summed E-state index contributed by atoms with van der Waals surface area (Å²) < 4.78 is 15.5. The number of aromatic amines is 1. The first-order valence-electron chi connectivity index (χ1n) is 5.63. The van der Waals surface area contributed by atoms with Crippen LogP contribution < -0.4 is 0 Å². The second-order valence-electron chi connectivity index (χ2n) is 4.21. The van der Waals surface area contributed by atoms with Gasteiger partial charge in [-0.3, -0.25) is 4.57 Å². The third-order valence-electron chi connectivity index (χ3n) is 3.01. The lowest BCUT2D eigenvalue weighted by atomic mass is 10.2. The minimum Gasteiger partial charge on any atom is -0.330 e. The highest BCUT2D eigenvalue weighted by Gasteiger charge is 2.07. The molecule has 18 heavy (non-hydrogen) atoms. The van der Waals surface area contributed by atoms with Gasteiger partial charge in [0.05, 0.1) is 11.0 Å². The van der Waals surface area contributed by atoms with Gasteiger partial charge in [-0.25, -0.2) is 4.39 Å². The summed E-state index contributed by atoms with van der Waals surface area (Å²) >= 11 is 5.34. The predicted molar refractivity (Wildman–Crippen MR) is 73.2 cm³/mol. The van der Waals surface area contributed by atoms with Crippen molar-refractivity contribution in [1.29, 1.82) is 0 Å². The molecule has 2 nitrogen and oxygen atoms in total. The van der Waals surface area contributed by atoms with Crippen molar-refractivity contribution in [1.82, 2.24) is 9.55 Å². The molecule has 1 heterocycles. The normalized spacial score (nSPS) is 11.0. The van der Waals surface area contributed by atoms with Crippen LogP contribution in [0.2, 0.25) is 0 Å². The third kappa shape index (κ3) is 1.66. The monoisotopic (exact) mass is 258 g/mol. The van der Waals surface area contributed by atoms with Crippen molar-refractivity contribution in [3.63, 3.8) is 0 Å². The molecule has 0 aliphatic heterocycles. The van der Waals surface area contributed by atoms with Crippen molar-refractivity contribution in [2.45, 2.75) is 6.92 Å². The Kier molecular flexibility index (Phi) is 2.52. The number of aromatic nitrogens is 2. The Morgan fingerprint density at radius 1 is 1.11 bits per heavy atom. The highest BCUT2D eigenvalue weighted by Crippen LogP contribution is 2.22. The molecule has 0 amide bonds. The van der Waals surface area contributed by atoms with Crippen LogP contribution in [-0.2, 0) is 0 Å². The van der Waals surface area contributed by atoms with Gasteiger partial charge in [-0.2, -0.15) is 0 Å². The zero-order valence-electron chi connectivity index (χ0n) is 9.77. The van der Waals surface area contributed by atoms with Crippen LogP contribution >= 0.6 is 12.2 Å². The minimum atomic E-state index is -0.249. The number of hydrogen-bond acceptors (Lipinski definition) is 1. The molecule has 2 aromatic carbocycles. The Morgan fingerprint density at radius 3 is 2.56 bits per heavy atom. The maximum atomic E-state index is 13.0. The van der Waals surface area contributed by atoms with E-state index < -0.39 is 0 Å². The molecule has 0 saturated carbocycles. The minimum absolute atomic E-state index is 0.249. The van der Waals surface area contributed by atoms with E-state index in [0.717, 1.165) is 22.3 Å². The Balaban J connectivity index is 2.35. The SMILES string of the molecule is Cc1cccc2c1[nH]c(=S)n2-c1ccc(F)cc1. The van der Waals surface area contributed by atoms with Crippen LogP contribution in [0.1, 0.15) is 5.56 Å². The van der Waals surface area contributed by atoms with Gasteiger partial charge >= 0.3 is 0 Å². The number of fused-ring (bicyclic) bond motifs is 1. The van der Waals surface area contributed by atoms with E-state index in [2.05, 4.69) is 4.98 Å². The topological polar surface area (TPSA) is 20.7 Å². The van der Waals surface area contributed by atoms with Gasteiger partial charge in [0.25, 0.3) is 0 Å². The second-order valence-corrected chi connectivity index (χ2v) is 4.60. The molecule has 0 aliphatic carbocycles. The molecule has 3 rings (SSSR count). The fourth-order valence-electron chi connectivity index (χ4n) is 2.12. The molecule has 0 fully saturated rings. The average molecular weight is 258 g/mol. The summed E-state index contributed by atoms with van der Waals surface area (Å²) in [4.78, 5) is 3.19. The standard InChI is InChI=1S/C14H11FN2S/c1-9-3-2-4-12-13(9)16-14(18)17(12)11-7-5-10(15)6-8-11/h2-8H,1H3,(H,16,18). The number of aryl methyl sites for hydroxylation is 1. The van der Waals surface area contributed by atoms with Gasteiger partial charge in [0.1, 0.15) is 5.82 Å². The summed E-state index contributed by atoms with van der Waals surface area (Å²) in [6.45, 7) is 2.03. The molecular weight excluding hydrogens is 247 g/mol. The Labute approximate surface area is 109 Å². The number of imidazole rings is 1. The van der Waals surface area contributed by atoms with E-state index in [-0.39, 0.29) is 5.82 Å².